The van der Waals surface area contributed by atoms with Gasteiger partial charge in [0.2, 0.25) is 10.9 Å². The maximum atomic E-state index is 11.3. The van der Waals surface area contributed by atoms with Crippen LogP contribution >= 0.6 is 0 Å². The maximum absolute atomic E-state index is 11.3. The second-order valence-corrected chi connectivity index (χ2v) is 5.08. The summed E-state index contributed by atoms with van der Waals surface area (Å²) in [6.45, 7) is 2.42. The second kappa shape index (κ2) is 6.36. The van der Waals surface area contributed by atoms with Crippen LogP contribution in [0.15, 0.2) is 54.6 Å². The van der Waals surface area contributed by atoms with E-state index >= 15 is 0 Å². The molecule has 5 heteroatoms. The summed E-state index contributed by atoms with van der Waals surface area (Å²) >= 11 is 0. The lowest BCUT2D eigenvalue weighted by Crippen LogP contribution is -2.36. The van der Waals surface area contributed by atoms with Gasteiger partial charge in [-0.2, -0.15) is 0 Å². The second-order valence-electron chi connectivity index (χ2n) is 4.21. The highest BCUT2D eigenvalue weighted by atomic mass is 32.2. The minimum atomic E-state index is -2.72. The molecule has 0 aliphatic heterocycles. The Morgan fingerprint density at radius 3 is 2.21 bits per heavy atom. The van der Waals surface area contributed by atoms with Crippen molar-refractivity contribution < 1.29 is 8.42 Å². The number of rotatable bonds is 5. The topological polar surface area (TPSA) is 49.4 Å². The molecule has 0 aliphatic carbocycles. The Hall–Kier alpha value is -1.85. The zero-order chi connectivity index (χ0) is 13.7. The van der Waals surface area contributed by atoms with Gasteiger partial charge in [0.25, 0.3) is 0 Å². The Labute approximate surface area is 114 Å². The molecule has 0 bridgehead atoms. The number of benzene rings is 2. The van der Waals surface area contributed by atoms with E-state index in [1.54, 1.807) is 12.1 Å². The summed E-state index contributed by atoms with van der Waals surface area (Å²) in [6, 6.07) is 17.0. The van der Waals surface area contributed by atoms with Crippen LogP contribution in [0, 0.1) is 6.92 Å². The van der Waals surface area contributed by atoms with Crippen molar-refractivity contribution in [1.82, 2.24) is 5.43 Å². The van der Waals surface area contributed by atoms with Crippen molar-refractivity contribution in [3.8, 4) is 0 Å². The lowest BCUT2D eigenvalue weighted by atomic mass is 10.2. The van der Waals surface area contributed by atoms with E-state index in [1.165, 1.54) is 4.41 Å². The van der Waals surface area contributed by atoms with Crippen LogP contribution in [0.3, 0.4) is 0 Å². The molecular formula is C14H16N2O2S. The first kappa shape index (κ1) is 13.6. The molecule has 0 unspecified atom stereocenters. The molecular weight excluding hydrogens is 260 g/mol. The summed E-state index contributed by atoms with van der Waals surface area (Å²) < 4.78 is 23.8. The van der Waals surface area contributed by atoms with Gasteiger partial charge in [-0.15, -0.1) is 0 Å². The van der Waals surface area contributed by atoms with Crippen LogP contribution in [0.4, 0.5) is 5.69 Å². The monoisotopic (exact) mass is 276 g/mol. The number of hydrogen-bond acceptors (Lipinski definition) is 3. The van der Waals surface area contributed by atoms with E-state index < -0.39 is 10.9 Å². The number of hydrazine groups is 1. The van der Waals surface area contributed by atoms with E-state index in [-0.39, 0.29) is 0 Å². The van der Waals surface area contributed by atoms with Gasteiger partial charge < -0.3 is 0 Å². The zero-order valence-corrected chi connectivity index (χ0v) is 11.5. The van der Waals surface area contributed by atoms with Gasteiger partial charge in [-0.1, -0.05) is 48.0 Å². The number of anilines is 1. The summed E-state index contributed by atoms with van der Waals surface area (Å²) in [5.74, 6) is 0. The van der Waals surface area contributed by atoms with Gasteiger partial charge in [-0.25, -0.2) is 18.3 Å². The van der Waals surface area contributed by atoms with Gasteiger partial charge in [0, 0.05) is 6.54 Å². The highest BCUT2D eigenvalue weighted by molar-refractivity contribution is 7.73. The van der Waals surface area contributed by atoms with Crippen LogP contribution in [-0.2, 0) is 17.4 Å². The SMILES string of the molecule is Cc1ccc(N(NCc2ccccc2)[SH](=O)=O)cc1. The number of thiol groups is 1. The molecule has 4 nitrogen and oxygen atoms in total. The molecule has 0 aromatic heterocycles. The van der Waals surface area contributed by atoms with Crippen LogP contribution in [0.2, 0.25) is 0 Å². The van der Waals surface area contributed by atoms with Crippen LogP contribution in [0.25, 0.3) is 0 Å². The van der Waals surface area contributed by atoms with Crippen LogP contribution < -0.4 is 9.84 Å². The molecule has 1 N–H and O–H groups in total. The fourth-order valence-corrected chi connectivity index (χ4v) is 2.20. The van der Waals surface area contributed by atoms with Crippen LogP contribution in [0.5, 0.6) is 0 Å². The first-order chi connectivity index (χ1) is 9.16. The average molecular weight is 276 g/mol. The number of aryl methyl sites for hydroxylation is 1. The molecule has 0 spiro atoms. The summed E-state index contributed by atoms with van der Waals surface area (Å²) in [6.07, 6.45) is 0. The van der Waals surface area contributed by atoms with Gasteiger partial charge >= 0.3 is 0 Å². The Kier molecular flexibility index (Phi) is 4.54. The molecule has 0 amide bonds. The van der Waals surface area contributed by atoms with Crippen molar-refractivity contribution in [2.45, 2.75) is 13.5 Å². The highest BCUT2D eigenvalue weighted by Gasteiger charge is 2.07. The van der Waals surface area contributed by atoms with Gasteiger partial charge in [0.05, 0.1) is 5.69 Å². The number of nitrogens with one attached hydrogen (secondary N) is 1. The van der Waals surface area contributed by atoms with Crippen molar-refractivity contribution in [2.24, 2.45) is 0 Å². The Bertz CT molecular complexity index is 587. The van der Waals surface area contributed by atoms with Crippen molar-refractivity contribution in [3.05, 3.63) is 65.7 Å². The molecule has 2 aromatic carbocycles. The zero-order valence-electron chi connectivity index (χ0n) is 10.6. The van der Waals surface area contributed by atoms with Crippen molar-refractivity contribution in [3.63, 3.8) is 0 Å². The maximum Gasteiger partial charge on any atom is 0.238 e. The Morgan fingerprint density at radius 2 is 1.63 bits per heavy atom. The standard InChI is InChI=1S/C14H16N2O2S/c1-12-7-9-14(10-8-12)16(19(17)18)15-11-13-5-3-2-4-6-13/h2-10,15,19H,11H2,1H3. The molecule has 19 heavy (non-hydrogen) atoms. The molecule has 2 aromatic rings. The summed E-state index contributed by atoms with van der Waals surface area (Å²) in [5.41, 5.74) is 5.63. The van der Waals surface area contributed by atoms with E-state index in [0.29, 0.717) is 12.2 Å². The summed E-state index contributed by atoms with van der Waals surface area (Å²) in [5, 5.41) is 0. The van der Waals surface area contributed by atoms with Crippen molar-refractivity contribution in [1.29, 1.82) is 0 Å². The van der Waals surface area contributed by atoms with E-state index in [4.69, 9.17) is 0 Å². The Morgan fingerprint density at radius 1 is 1.00 bits per heavy atom. The third-order valence-electron chi connectivity index (χ3n) is 2.72. The van der Waals surface area contributed by atoms with E-state index in [9.17, 15) is 8.42 Å². The largest absolute Gasteiger partial charge is 0.238 e. The highest BCUT2D eigenvalue weighted by Crippen LogP contribution is 2.13. The van der Waals surface area contributed by atoms with Gasteiger partial charge in [-0.3, -0.25) is 0 Å². The third kappa shape index (κ3) is 3.81. The fourth-order valence-electron chi connectivity index (χ4n) is 1.69. The lowest BCUT2D eigenvalue weighted by Gasteiger charge is -2.18. The minimum Gasteiger partial charge on any atom is -0.216 e. The van der Waals surface area contributed by atoms with Crippen molar-refractivity contribution in [2.75, 3.05) is 4.41 Å². The normalized spacial score (nSPS) is 10.6. The summed E-state index contributed by atoms with van der Waals surface area (Å²) in [4.78, 5) is 0. The minimum absolute atomic E-state index is 0.456. The summed E-state index contributed by atoms with van der Waals surface area (Å²) in [7, 11) is -2.72. The molecule has 0 saturated heterocycles. The molecule has 0 aliphatic rings. The fraction of sp³-hybridized carbons (Fsp3) is 0.143. The molecule has 0 saturated carbocycles. The molecule has 100 valence electrons. The first-order valence-electron chi connectivity index (χ1n) is 5.95. The molecule has 0 fully saturated rings. The first-order valence-corrected chi connectivity index (χ1v) is 7.08. The van der Waals surface area contributed by atoms with Crippen LogP contribution in [-0.4, -0.2) is 8.42 Å². The molecule has 2 rings (SSSR count). The quantitative estimate of drug-likeness (QED) is 0.649. The third-order valence-corrected chi connectivity index (χ3v) is 3.42. The van der Waals surface area contributed by atoms with Crippen LogP contribution in [0.1, 0.15) is 11.1 Å². The Balaban J connectivity index is 2.11. The van der Waals surface area contributed by atoms with Gasteiger partial charge in [-0.05, 0) is 24.6 Å². The number of hydrogen-bond donors (Lipinski definition) is 2. The number of nitrogens with zero attached hydrogens (tertiary/aromatic N) is 1. The van der Waals surface area contributed by atoms with E-state index in [0.717, 1.165) is 11.1 Å². The predicted molar refractivity (Wildman–Crippen MR) is 77.3 cm³/mol. The smallest absolute Gasteiger partial charge is 0.216 e. The van der Waals surface area contributed by atoms with Gasteiger partial charge in [0.15, 0.2) is 0 Å². The van der Waals surface area contributed by atoms with Crippen molar-refractivity contribution >= 4 is 16.6 Å². The molecule has 0 atom stereocenters. The molecule has 0 radical (unpaired) electrons. The van der Waals surface area contributed by atoms with E-state index in [1.807, 2.05) is 49.4 Å². The average Bonchev–Trinajstić information content (AvgIpc) is 2.42. The lowest BCUT2D eigenvalue weighted by molar-refractivity contribution is 0.596. The van der Waals surface area contributed by atoms with Gasteiger partial charge in [0.1, 0.15) is 0 Å². The predicted octanol–water partition coefficient (Wildman–Crippen LogP) is 2.03. The van der Waals surface area contributed by atoms with E-state index in [2.05, 4.69) is 5.43 Å². The molecule has 0 heterocycles.